The zero-order valence-corrected chi connectivity index (χ0v) is 10.9. The van der Waals surface area contributed by atoms with Gasteiger partial charge in [-0.2, -0.15) is 0 Å². The average molecular weight is 256 g/mol. The number of carbonyl (C=O) groups is 2. The summed E-state index contributed by atoms with van der Waals surface area (Å²) in [5.74, 6) is -0.0897. The number of hydrogen-bond donors (Lipinski definition) is 1. The fraction of sp³-hybridized carbons (Fsp3) is 0.833. The molecule has 0 aromatic rings. The summed E-state index contributed by atoms with van der Waals surface area (Å²) in [5, 5.41) is 2.85. The summed E-state index contributed by atoms with van der Waals surface area (Å²) in [6, 6.07) is 0. The third-order valence-electron chi connectivity index (χ3n) is 3.41. The molecule has 0 aliphatic carbocycles. The van der Waals surface area contributed by atoms with E-state index in [0.717, 1.165) is 12.8 Å². The number of carbonyl (C=O) groups excluding carboxylic acids is 2. The van der Waals surface area contributed by atoms with Crippen molar-refractivity contribution in [3.8, 4) is 0 Å². The van der Waals surface area contributed by atoms with E-state index >= 15 is 0 Å². The standard InChI is InChI=1S/C12H20N2O4/c1-12(2,14-5-7-18-11(14)16)8-13-10(15)9-4-3-6-17-9/h9H,3-8H2,1-2H3,(H,13,15). The molecule has 2 saturated heterocycles. The maximum Gasteiger partial charge on any atom is 0.410 e. The summed E-state index contributed by atoms with van der Waals surface area (Å²) in [4.78, 5) is 24.9. The van der Waals surface area contributed by atoms with Crippen LogP contribution in [0.4, 0.5) is 4.79 Å². The van der Waals surface area contributed by atoms with Crippen LogP contribution in [0.2, 0.25) is 0 Å². The summed E-state index contributed by atoms with van der Waals surface area (Å²) in [6.45, 7) is 5.87. The Bertz CT molecular complexity index is 337. The van der Waals surface area contributed by atoms with Crippen LogP contribution in [-0.2, 0) is 14.3 Å². The highest BCUT2D eigenvalue weighted by atomic mass is 16.6. The number of ether oxygens (including phenoxy) is 2. The first kappa shape index (κ1) is 13.1. The minimum atomic E-state index is -0.443. The van der Waals surface area contributed by atoms with E-state index in [2.05, 4.69) is 5.32 Å². The van der Waals surface area contributed by atoms with Crippen LogP contribution in [0.5, 0.6) is 0 Å². The maximum absolute atomic E-state index is 11.8. The third-order valence-corrected chi connectivity index (χ3v) is 3.41. The van der Waals surface area contributed by atoms with Gasteiger partial charge in [0, 0.05) is 13.2 Å². The highest BCUT2D eigenvalue weighted by Gasteiger charge is 2.36. The van der Waals surface area contributed by atoms with Crippen molar-refractivity contribution in [1.82, 2.24) is 10.2 Å². The van der Waals surface area contributed by atoms with Crippen molar-refractivity contribution in [2.24, 2.45) is 0 Å². The van der Waals surface area contributed by atoms with Gasteiger partial charge in [-0.05, 0) is 26.7 Å². The lowest BCUT2D eigenvalue weighted by Gasteiger charge is -2.33. The van der Waals surface area contributed by atoms with Crippen LogP contribution in [-0.4, -0.2) is 54.8 Å². The van der Waals surface area contributed by atoms with Gasteiger partial charge in [0.1, 0.15) is 12.7 Å². The van der Waals surface area contributed by atoms with E-state index in [-0.39, 0.29) is 18.1 Å². The lowest BCUT2D eigenvalue weighted by molar-refractivity contribution is -0.130. The first-order chi connectivity index (χ1) is 8.50. The van der Waals surface area contributed by atoms with Crippen LogP contribution in [0.15, 0.2) is 0 Å². The van der Waals surface area contributed by atoms with E-state index in [1.165, 1.54) is 0 Å². The molecule has 2 rings (SSSR count). The van der Waals surface area contributed by atoms with E-state index in [9.17, 15) is 9.59 Å². The second-order valence-electron chi connectivity index (χ2n) is 5.30. The lowest BCUT2D eigenvalue weighted by atomic mass is 10.0. The highest BCUT2D eigenvalue weighted by molar-refractivity contribution is 5.81. The van der Waals surface area contributed by atoms with Crippen LogP contribution in [0.25, 0.3) is 0 Å². The van der Waals surface area contributed by atoms with Crippen molar-refractivity contribution in [2.45, 2.75) is 38.3 Å². The Hall–Kier alpha value is -1.30. The van der Waals surface area contributed by atoms with Crippen molar-refractivity contribution in [1.29, 1.82) is 0 Å². The SMILES string of the molecule is CC(C)(CNC(=O)C1CCCO1)N1CCOC1=O. The normalized spacial score (nSPS) is 24.2. The van der Waals surface area contributed by atoms with Crippen molar-refractivity contribution >= 4 is 12.0 Å². The van der Waals surface area contributed by atoms with Crippen molar-refractivity contribution < 1.29 is 19.1 Å². The summed E-state index contributed by atoms with van der Waals surface area (Å²) in [6.07, 6.45) is 1.07. The first-order valence-corrected chi connectivity index (χ1v) is 6.34. The number of hydrogen-bond acceptors (Lipinski definition) is 4. The van der Waals surface area contributed by atoms with Crippen LogP contribution < -0.4 is 5.32 Å². The molecule has 1 unspecified atom stereocenters. The van der Waals surface area contributed by atoms with Crippen LogP contribution in [0.3, 0.4) is 0 Å². The highest BCUT2D eigenvalue weighted by Crippen LogP contribution is 2.19. The largest absolute Gasteiger partial charge is 0.448 e. The third kappa shape index (κ3) is 2.75. The predicted molar refractivity (Wildman–Crippen MR) is 64.1 cm³/mol. The molecule has 2 fully saturated rings. The van der Waals surface area contributed by atoms with Gasteiger partial charge in [0.25, 0.3) is 0 Å². The van der Waals surface area contributed by atoms with Crippen LogP contribution in [0.1, 0.15) is 26.7 Å². The number of nitrogens with one attached hydrogen (secondary N) is 1. The van der Waals surface area contributed by atoms with Crippen molar-refractivity contribution in [2.75, 3.05) is 26.3 Å². The maximum atomic E-state index is 11.8. The molecular formula is C12H20N2O4. The van der Waals surface area contributed by atoms with Crippen LogP contribution >= 0.6 is 0 Å². The molecule has 0 bridgehead atoms. The molecule has 0 spiro atoms. The molecule has 1 N–H and O–H groups in total. The molecule has 0 aromatic carbocycles. The molecule has 6 nitrogen and oxygen atoms in total. The number of amides is 2. The summed E-state index contributed by atoms with van der Waals surface area (Å²) in [7, 11) is 0. The Labute approximate surface area is 107 Å². The fourth-order valence-electron chi connectivity index (χ4n) is 2.24. The summed E-state index contributed by atoms with van der Waals surface area (Å²) < 4.78 is 10.2. The van der Waals surface area contributed by atoms with E-state index in [0.29, 0.717) is 26.3 Å². The Morgan fingerprint density at radius 2 is 2.28 bits per heavy atom. The number of cyclic esters (lactones) is 1. The van der Waals surface area contributed by atoms with E-state index in [4.69, 9.17) is 9.47 Å². The summed E-state index contributed by atoms with van der Waals surface area (Å²) >= 11 is 0. The molecule has 2 aliphatic rings. The molecule has 0 radical (unpaired) electrons. The molecule has 1 atom stereocenters. The minimum absolute atomic E-state index is 0.0897. The molecule has 0 saturated carbocycles. The second kappa shape index (κ2) is 5.14. The molecule has 6 heteroatoms. The smallest absolute Gasteiger partial charge is 0.410 e. The zero-order valence-electron chi connectivity index (χ0n) is 10.9. The molecule has 2 amide bonds. The number of rotatable bonds is 4. The van der Waals surface area contributed by atoms with Crippen molar-refractivity contribution in [3.05, 3.63) is 0 Å². The summed E-state index contributed by atoms with van der Waals surface area (Å²) in [5.41, 5.74) is -0.443. The topological polar surface area (TPSA) is 67.9 Å². The van der Waals surface area contributed by atoms with Gasteiger partial charge < -0.3 is 14.8 Å². The molecule has 2 heterocycles. The molecule has 102 valence electrons. The Balaban J connectivity index is 1.84. The van der Waals surface area contributed by atoms with Gasteiger partial charge in [0.05, 0.1) is 12.1 Å². The van der Waals surface area contributed by atoms with E-state index < -0.39 is 5.54 Å². The fourth-order valence-corrected chi connectivity index (χ4v) is 2.24. The Kier molecular flexibility index (Phi) is 3.75. The number of nitrogens with zero attached hydrogens (tertiary/aromatic N) is 1. The van der Waals surface area contributed by atoms with Gasteiger partial charge in [0.2, 0.25) is 5.91 Å². The molecule has 18 heavy (non-hydrogen) atoms. The first-order valence-electron chi connectivity index (χ1n) is 6.34. The minimum Gasteiger partial charge on any atom is -0.448 e. The molecule has 2 aliphatic heterocycles. The van der Waals surface area contributed by atoms with Gasteiger partial charge in [0.15, 0.2) is 0 Å². The lowest BCUT2D eigenvalue weighted by Crippen LogP contribution is -2.53. The second-order valence-corrected chi connectivity index (χ2v) is 5.30. The quantitative estimate of drug-likeness (QED) is 0.796. The van der Waals surface area contributed by atoms with E-state index in [1.807, 2.05) is 13.8 Å². The monoisotopic (exact) mass is 256 g/mol. The Morgan fingerprint density at radius 3 is 2.83 bits per heavy atom. The van der Waals surface area contributed by atoms with Gasteiger partial charge in [-0.1, -0.05) is 0 Å². The van der Waals surface area contributed by atoms with Gasteiger partial charge in [-0.25, -0.2) is 4.79 Å². The van der Waals surface area contributed by atoms with Gasteiger partial charge in [-0.3, -0.25) is 9.69 Å². The molecular weight excluding hydrogens is 236 g/mol. The zero-order chi connectivity index (χ0) is 13.2. The van der Waals surface area contributed by atoms with Gasteiger partial charge >= 0.3 is 6.09 Å². The van der Waals surface area contributed by atoms with Crippen LogP contribution in [0, 0.1) is 0 Å². The van der Waals surface area contributed by atoms with Crippen molar-refractivity contribution in [3.63, 3.8) is 0 Å². The van der Waals surface area contributed by atoms with Gasteiger partial charge in [-0.15, -0.1) is 0 Å². The predicted octanol–water partition coefficient (Wildman–Crippen LogP) is 0.512. The molecule has 0 aromatic heterocycles. The Morgan fingerprint density at radius 1 is 1.50 bits per heavy atom. The van der Waals surface area contributed by atoms with E-state index in [1.54, 1.807) is 4.90 Å². The average Bonchev–Trinajstić information content (AvgIpc) is 2.96.